The number of hydrogen-bond donors (Lipinski definition) is 1. The highest BCUT2D eigenvalue weighted by Crippen LogP contribution is 2.24. The molecule has 1 N–H and O–H groups in total. The smallest absolute Gasteiger partial charge is 0.255 e. The second kappa shape index (κ2) is 9.80. The van der Waals surface area contributed by atoms with Gasteiger partial charge in [-0.1, -0.05) is 35.3 Å². The van der Waals surface area contributed by atoms with Gasteiger partial charge in [0, 0.05) is 24.7 Å². The number of nitrogens with zero attached hydrogens (tertiary/aromatic N) is 1. The van der Waals surface area contributed by atoms with Crippen molar-refractivity contribution in [2.24, 2.45) is 0 Å². The zero-order chi connectivity index (χ0) is 19.9. The summed E-state index contributed by atoms with van der Waals surface area (Å²) in [7, 11) is 0. The van der Waals surface area contributed by atoms with Crippen molar-refractivity contribution in [3.05, 3.63) is 63.6 Å². The van der Waals surface area contributed by atoms with Crippen molar-refractivity contribution >= 4 is 35.0 Å². The Bertz CT molecular complexity index is 857. The van der Waals surface area contributed by atoms with Crippen LogP contribution in [0.4, 0.5) is 0 Å². The van der Waals surface area contributed by atoms with Gasteiger partial charge in [0.2, 0.25) is 0 Å². The first kappa shape index (κ1) is 20.5. The van der Waals surface area contributed by atoms with Crippen molar-refractivity contribution in [3.8, 4) is 5.75 Å². The van der Waals surface area contributed by atoms with Gasteiger partial charge in [-0.15, -0.1) is 0 Å². The molecule has 0 saturated carbocycles. The number of amides is 2. The van der Waals surface area contributed by atoms with Crippen molar-refractivity contribution in [2.45, 2.75) is 19.3 Å². The van der Waals surface area contributed by atoms with Crippen LogP contribution in [0.3, 0.4) is 0 Å². The Morgan fingerprint density at radius 1 is 1.04 bits per heavy atom. The molecule has 2 amide bonds. The Morgan fingerprint density at radius 3 is 2.64 bits per heavy atom. The molecule has 1 aliphatic rings. The molecule has 0 spiro atoms. The maximum absolute atomic E-state index is 12.9. The Hall–Kier alpha value is -2.24. The highest BCUT2D eigenvalue weighted by Gasteiger charge is 2.19. The van der Waals surface area contributed by atoms with E-state index >= 15 is 0 Å². The number of benzene rings is 2. The van der Waals surface area contributed by atoms with Crippen LogP contribution in [0.15, 0.2) is 42.5 Å². The van der Waals surface area contributed by atoms with Crippen LogP contribution < -0.4 is 10.1 Å². The molecular formula is C21H22Cl2N2O3. The van der Waals surface area contributed by atoms with Crippen LogP contribution in [-0.2, 0) is 0 Å². The summed E-state index contributed by atoms with van der Waals surface area (Å²) in [4.78, 5) is 27.1. The van der Waals surface area contributed by atoms with E-state index in [2.05, 4.69) is 5.32 Å². The third-order valence-corrected chi connectivity index (χ3v) is 5.11. The van der Waals surface area contributed by atoms with Crippen LogP contribution in [0.2, 0.25) is 10.0 Å². The lowest BCUT2D eigenvalue weighted by molar-refractivity contribution is 0.0743. The van der Waals surface area contributed by atoms with Crippen molar-refractivity contribution < 1.29 is 14.3 Å². The lowest BCUT2D eigenvalue weighted by atomic mass is 10.1. The molecule has 148 valence electrons. The predicted octanol–water partition coefficient (Wildman–Crippen LogP) is 4.43. The summed E-state index contributed by atoms with van der Waals surface area (Å²) in [5.74, 6) is 0.197. The summed E-state index contributed by atoms with van der Waals surface area (Å²) in [5.41, 5.74) is 0.929. The van der Waals surface area contributed by atoms with Gasteiger partial charge < -0.3 is 15.0 Å². The van der Waals surface area contributed by atoms with Crippen molar-refractivity contribution in [2.75, 3.05) is 26.2 Å². The zero-order valence-corrected chi connectivity index (χ0v) is 16.9. The highest BCUT2D eigenvalue weighted by molar-refractivity contribution is 6.33. The van der Waals surface area contributed by atoms with E-state index in [1.807, 2.05) is 0 Å². The van der Waals surface area contributed by atoms with E-state index in [9.17, 15) is 9.59 Å². The maximum atomic E-state index is 12.9. The van der Waals surface area contributed by atoms with E-state index in [0.29, 0.717) is 59.6 Å². The summed E-state index contributed by atoms with van der Waals surface area (Å²) in [6, 6.07) is 12.1. The summed E-state index contributed by atoms with van der Waals surface area (Å²) < 4.78 is 5.80. The Morgan fingerprint density at radius 2 is 1.82 bits per heavy atom. The zero-order valence-electron chi connectivity index (χ0n) is 15.4. The van der Waals surface area contributed by atoms with Gasteiger partial charge >= 0.3 is 0 Å². The first-order chi connectivity index (χ1) is 13.6. The number of nitrogens with one attached hydrogen (secondary N) is 1. The predicted molar refractivity (Wildman–Crippen MR) is 110 cm³/mol. The van der Waals surface area contributed by atoms with Crippen LogP contribution in [-0.4, -0.2) is 43.0 Å². The third-order valence-electron chi connectivity index (χ3n) is 4.55. The van der Waals surface area contributed by atoms with E-state index < -0.39 is 0 Å². The SMILES string of the molecule is O=C1NCCCCN(C(=O)c2ccccc2Cl)CCCOc2ccc(Cl)cc21. The number of halogens is 2. The minimum atomic E-state index is -0.208. The van der Waals surface area contributed by atoms with Crippen LogP contribution in [0.25, 0.3) is 0 Å². The number of carbonyl (C=O) groups is 2. The molecule has 0 aliphatic carbocycles. The minimum Gasteiger partial charge on any atom is -0.493 e. The third kappa shape index (κ3) is 5.18. The molecule has 5 nitrogen and oxygen atoms in total. The lowest BCUT2D eigenvalue weighted by Crippen LogP contribution is -2.34. The molecule has 3 rings (SSSR count). The number of fused-ring (bicyclic) bond motifs is 1. The van der Waals surface area contributed by atoms with Crippen LogP contribution >= 0.6 is 23.2 Å². The average Bonchev–Trinajstić information content (AvgIpc) is 2.70. The standard InChI is InChI=1S/C21H22Cl2N2O3/c22-15-8-9-19-17(14-15)20(26)24-10-3-4-11-25(12-5-13-28-19)21(27)16-6-1-2-7-18(16)23/h1-2,6-9,14H,3-5,10-13H2,(H,24,26). The Labute approximate surface area is 174 Å². The van der Waals surface area contributed by atoms with Crippen LogP contribution in [0, 0.1) is 0 Å². The largest absolute Gasteiger partial charge is 0.493 e. The second-order valence-corrected chi connectivity index (χ2v) is 7.42. The molecule has 0 radical (unpaired) electrons. The Kier molecular flexibility index (Phi) is 7.18. The van der Waals surface area contributed by atoms with Gasteiger partial charge in [-0.05, 0) is 49.6 Å². The fraction of sp³-hybridized carbons (Fsp3) is 0.333. The van der Waals surface area contributed by atoms with Crippen LogP contribution in [0.1, 0.15) is 40.0 Å². The van der Waals surface area contributed by atoms with Gasteiger partial charge in [-0.2, -0.15) is 0 Å². The van der Waals surface area contributed by atoms with E-state index in [0.717, 1.165) is 12.8 Å². The first-order valence-electron chi connectivity index (χ1n) is 9.30. The molecule has 0 saturated heterocycles. The molecule has 0 atom stereocenters. The fourth-order valence-corrected chi connectivity index (χ4v) is 3.48. The molecule has 0 fully saturated rings. The molecule has 0 unspecified atom stereocenters. The van der Waals surface area contributed by atoms with E-state index in [1.54, 1.807) is 47.4 Å². The summed E-state index contributed by atoms with van der Waals surface area (Å²) >= 11 is 12.2. The quantitative estimate of drug-likeness (QED) is 0.741. The lowest BCUT2D eigenvalue weighted by Gasteiger charge is -2.23. The van der Waals surface area contributed by atoms with Gasteiger partial charge in [0.1, 0.15) is 5.75 Å². The van der Waals surface area contributed by atoms with Crippen molar-refractivity contribution in [1.29, 1.82) is 0 Å². The second-order valence-electron chi connectivity index (χ2n) is 6.58. The number of carbonyl (C=O) groups excluding carboxylic acids is 2. The topological polar surface area (TPSA) is 58.6 Å². The number of hydrogen-bond acceptors (Lipinski definition) is 3. The van der Waals surface area contributed by atoms with E-state index in [4.69, 9.17) is 27.9 Å². The molecule has 0 aromatic heterocycles. The normalized spacial score (nSPS) is 15.9. The van der Waals surface area contributed by atoms with Gasteiger partial charge in [-0.25, -0.2) is 0 Å². The molecule has 2 aromatic carbocycles. The maximum Gasteiger partial charge on any atom is 0.255 e. The summed E-state index contributed by atoms with van der Waals surface area (Å²) in [6.07, 6.45) is 2.18. The molecule has 1 heterocycles. The van der Waals surface area contributed by atoms with Crippen molar-refractivity contribution in [1.82, 2.24) is 10.2 Å². The van der Waals surface area contributed by atoms with Crippen molar-refractivity contribution in [3.63, 3.8) is 0 Å². The number of ether oxygens (including phenoxy) is 1. The summed E-state index contributed by atoms with van der Waals surface area (Å²) in [6.45, 7) is 2.04. The van der Waals surface area contributed by atoms with Gasteiger partial charge in [0.05, 0.1) is 22.8 Å². The van der Waals surface area contributed by atoms with E-state index in [1.165, 1.54) is 0 Å². The number of rotatable bonds is 1. The molecule has 2 aromatic rings. The summed E-state index contributed by atoms with van der Waals surface area (Å²) in [5, 5.41) is 3.82. The average molecular weight is 421 g/mol. The molecular weight excluding hydrogens is 399 g/mol. The molecule has 0 bridgehead atoms. The fourth-order valence-electron chi connectivity index (χ4n) is 3.09. The molecule has 7 heteroatoms. The monoisotopic (exact) mass is 420 g/mol. The van der Waals surface area contributed by atoms with Crippen LogP contribution in [0.5, 0.6) is 5.75 Å². The van der Waals surface area contributed by atoms with Gasteiger partial charge in [0.15, 0.2) is 0 Å². The molecule has 28 heavy (non-hydrogen) atoms. The first-order valence-corrected chi connectivity index (χ1v) is 10.1. The van der Waals surface area contributed by atoms with Gasteiger partial charge in [0.25, 0.3) is 11.8 Å². The Balaban J connectivity index is 1.73. The van der Waals surface area contributed by atoms with Gasteiger partial charge in [-0.3, -0.25) is 9.59 Å². The van der Waals surface area contributed by atoms with E-state index in [-0.39, 0.29) is 11.8 Å². The minimum absolute atomic E-state index is 0.0864. The highest BCUT2D eigenvalue weighted by atomic mass is 35.5. The molecule has 1 aliphatic heterocycles.